The van der Waals surface area contributed by atoms with Gasteiger partial charge in [0.05, 0.1) is 6.04 Å². The van der Waals surface area contributed by atoms with E-state index in [-0.39, 0.29) is 47.9 Å². The van der Waals surface area contributed by atoms with Crippen LogP contribution in [0.3, 0.4) is 0 Å². The number of likely N-dealkylation sites (N-methyl/N-ethyl adjacent to an activating group) is 1. The average Bonchev–Trinajstić information content (AvgIpc) is 2.75. The summed E-state index contributed by atoms with van der Waals surface area (Å²) in [6.45, 7) is 5.15. The highest BCUT2D eigenvalue weighted by molar-refractivity contribution is 5.85. The summed E-state index contributed by atoms with van der Waals surface area (Å²) < 4.78 is 0. The minimum absolute atomic E-state index is 0. The van der Waals surface area contributed by atoms with Gasteiger partial charge in [-0.25, -0.2) is 0 Å². The fourth-order valence-electron chi connectivity index (χ4n) is 4.60. The van der Waals surface area contributed by atoms with Crippen LogP contribution in [0.5, 0.6) is 11.5 Å². The van der Waals surface area contributed by atoms with E-state index >= 15 is 0 Å². The molecule has 0 bridgehead atoms. The standard InChI is InChI=1S/C26H30N2O2.2ClH/c1-26(18-20-13-14-23(29)24(30)17-20)19-28(16-15-27(26)2)25(21-9-5-3-6-10-21)22-11-7-4-8-12-22;;/h3-14,17,25,29-30H,15-16,18-19H2,1-2H3;2*1H. The second-order valence-corrected chi connectivity index (χ2v) is 8.61. The molecule has 3 aromatic carbocycles. The highest BCUT2D eigenvalue weighted by atomic mass is 35.5. The molecule has 0 saturated carbocycles. The number of benzene rings is 3. The second-order valence-electron chi connectivity index (χ2n) is 8.61. The molecule has 1 atom stereocenters. The fourth-order valence-corrected chi connectivity index (χ4v) is 4.60. The lowest BCUT2D eigenvalue weighted by molar-refractivity contribution is 0.0133. The van der Waals surface area contributed by atoms with Crippen LogP contribution in [0.2, 0.25) is 0 Å². The normalized spacial score (nSPS) is 19.2. The van der Waals surface area contributed by atoms with Crippen molar-refractivity contribution in [1.29, 1.82) is 0 Å². The zero-order valence-corrected chi connectivity index (χ0v) is 20.1. The Morgan fingerprint density at radius 2 is 1.38 bits per heavy atom. The van der Waals surface area contributed by atoms with E-state index in [0.717, 1.165) is 31.6 Å². The fraction of sp³-hybridized carbons (Fsp3) is 0.308. The SMILES string of the molecule is CN1CCN(C(c2ccccc2)c2ccccc2)CC1(C)Cc1ccc(O)c(O)c1.Cl.Cl. The number of phenols is 2. The van der Waals surface area contributed by atoms with Crippen LogP contribution in [-0.2, 0) is 6.42 Å². The number of nitrogens with zero attached hydrogens (tertiary/aromatic N) is 2. The van der Waals surface area contributed by atoms with Crippen LogP contribution in [0, 0.1) is 0 Å². The summed E-state index contributed by atoms with van der Waals surface area (Å²) in [7, 11) is 2.18. The van der Waals surface area contributed by atoms with Crippen LogP contribution in [0.1, 0.15) is 29.7 Å². The van der Waals surface area contributed by atoms with Crippen LogP contribution in [0.25, 0.3) is 0 Å². The molecule has 1 unspecified atom stereocenters. The molecule has 0 amide bonds. The zero-order chi connectivity index (χ0) is 21.1. The second kappa shape index (κ2) is 11.1. The Bertz CT molecular complexity index is 948. The van der Waals surface area contributed by atoms with E-state index in [4.69, 9.17) is 0 Å². The van der Waals surface area contributed by atoms with Crippen LogP contribution in [0.4, 0.5) is 0 Å². The van der Waals surface area contributed by atoms with E-state index in [1.165, 1.54) is 11.1 Å². The Kier molecular flexibility index (Phi) is 8.99. The molecule has 1 aliphatic heterocycles. The molecule has 1 aliphatic rings. The molecule has 1 heterocycles. The maximum Gasteiger partial charge on any atom is 0.157 e. The van der Waals surface area contributed by atoms with Crippen LogP contribution in [0.15, 0.2) is 78.9 Å². The molecule has 4 nitrogen and oxygen atoms in total. The van der Waals surface area contributed by atoms with Crippen LogP contribution in [-0.4, -0.2) is 52.2 Å². The minimum Gasteiger partial charge on any atom is -0.504 e. The van der Waals surface area contributed by atoms with Crippen molar-refractivity contribution < 1.29 is 10.2 Å². The van der Waals surface area contributed by atoms with Gasteiger partial charge < -0.3 is 10.2 Å². The van der Waals surface area contributed by atoms with Gasteiger partial charge in [0.15, 0.2) is 11.5 Å². The first-order valence-corrected chi connectivity index (χ1v) is 10.5. The number of aromatic hydroxyl groups is 2. The Morgan fingerprint density at radius 1 is 0.812 bits per heavy atom. The summed E-state index contributed by atoms with van der Waals surface area (Å²) >= 11 is 0. The van der Waals surface area contributed by atoms with Crippen molar-refractivity contribution in [1.82, 2.24) is 9.80 Å². The molecule has 0 spiro atoms. The molecule has 2 N–H and O–H groups in total. The van der Waals surface area contributed by atoms with Gasteiger partial charge in [0.2, 0.25) is 0 Å². The van der Waals surface area contributed by atoms with Crippen LogP contribution < -0.4 is 0 Å². The number of rotatable bonds is 5. The quantitative estimate of drug-likeness (QED) is 0.493. The predicted molar refractivity (Wildman–Crippen MR) is 135 cm³/mol. The van der Waals surface area contributed by atoms with E-state index in [9.17, 15) is 10.2 Å². The topological polar surface area (TPSA) is 46.9 Å². The van der Waals surface area contributed by atoms with Crippen molar-refractivity contribution in [2.24, 2.45) is 0 Å². The number of piperazine rings is 1. The first-order valence-electron chi connectivity index (χ1n) is 10.5. The summed E-state index contributed by atoms with van der Waals surface area (Å²) in [4.78, 5) is 4.99. The van der Waals surface area contributed by atoms with Gasteiger partial charge in [0, 0.05) is 25.2 Å². The molecule has 0 radical (unpaired) electrons. The number of phenolic OH excluding ortho intramolecular Hbond substituents is 2. The maximum atomic E-state index is 9.94. The molecule has 1 fully saturated rings. The third kappa shape index (κ3) is 5.57. The number of hydrogen-bond donors (Lipinski definition) is 2. The summed E-state index contributed by atoms with van der Waals surface area (Å²) in [5.74, 6) is -0.131. The molecule has 0 aliphatic carbocycles. The van der Waals surface area contributed by atoms with Gasteiger partial charge in [0.25, 0.3) is 0 Å². The maximum absolute atomic E-state index is 9.94. The highest BCUT2D eigenvalue weighted by Crippen LogP contribution is 2.35. The number of hydrogen-bond acceptors (Lipinski definition) is 4. The van der Waals surface area contributed by atoms with Crippen molar-refractivity contribution in [2.75, 3.05) is 26.7 Å². The van der Waals surface area contributed by atoms with Gasteiger partial charge in [-0.05, 0) is 49.2 Å². The summed E-state index contributed by atoms with van der Waals surface area (Å²) in [5.41, 5.74) is 3.54. The van der Waals surface area contributed by atoms with Crippen LogP contribution >= 0.6 is 24.8 Å². The molecular weight excluding hydrogens is 443 g/mol. The first-order chi connectivity index (χ1) is 14.5. The lowest BCUT2D eigenvalue weighted by Crippen LogP contribution is -2.60. The van der Waals surface area contributed by atoms with Gasteiger partial charge in [-0.15, -0.1) is 24.8 Å². The van der Waals surface area contributed by atoms with Gasteiger partial charge >= 0.3 is 0 Å². The Labute approximate surface area is 203 Å². The average molecular weight is 475 g/mol. The molecule has 172 valence electrons. The van der Waals surface area contributed by atoms with E-state index < -0.39 is 0 Å². The summed E-state index contributed by atoms with van der Waals surface area (Å²) in [6.07, 6.45) is 0.796. The van der Waals surface area contributed by atoms with E-state index in [1.54, 1.807) is 12.1 Å². The molecule has 0 aromatic heterocycles. The Hall–Kier alpha value is -2.24. The van der Waals surface area contributed by atoms with E-state index in [1.807, 2.05) is 6.07 Å². The molecular formula is C26H32Cl2N2O2. The van der Waals surface area contributed by atoms with Crippen molar-refractivity contribution in [3.63, 3.8) is 0 Å². The zero-order valence-electron chi connectivity index (χ0n) is 18.5. The molecule has 6 heteroatoms. The lowest BCUT2D eigenvalue weighted by atomic mass is 9.86. The lowest BCUT2D eigenvalue weighted by Gasteiger charge is -2.50. The van der Waals surface area contributed by atoms with Gasteiger partial charge in [-0.1, -0.05) is 66.7 Å². The molecule has 4 rings (SSSR count). The van der Waals surface area contributed by atoms with Crippen molar-refractivity contribution >= 4 is 24.8 Å². The van der Waals surface area contributed by atoms with E-state index in [0.29, 0.717) is 0 Å². The largest absolute Gasteiger partial charge is 0.504 e. The Balaban J connectivity index is 0.00000181. The third-order valence-electron chi connectivity index (χ3n) is 6.41. The minimum atomic E-state index is -0.0938. The Morgan fingerprint density at radius 3 is 1.91 bits per heavy atom. The van der Waals surface area contributed by atoms with Gasteiger partial charge in [-0.3, -0.25) is 9.80 Å². The van der Waals surface area contributed by atoms with Gasteiger partial charge in [-0.2, -0.15) is 0 Å². The molecule has 1 saturated heterocycles. The van der Waals surface area contributed by atoms with E-state index in [2.05, 4.69) is 84.4 Å². The number of halogens is 2. The smallest absolute Gasteiger partial charge is 0.157 e. The molecule has 32 heavy (non-hydrogen) atoms. The predicted octanol–water partition coefficient (Wildman–Crippen LogP) is 5.28. The van der Waals surface area contributed by atoms with Crippen molar-refractivity contribution in [3.05, 3.63) is 95.6 Å². The third-order valence-corrected chi connectivity index (χ3v) is 6.41. The summed E-state index contributed by atoms with van der Waals surface area (Å²) in [5, 5.41) is 19.6. The first kappa shape index (κ1) is 26.0. The molecule has 3 aromatic rings. The monoisotopic (exact) mass is 474 g/mol. The highest BCUT2D eigenvalue weighted by Gasteiger charge is 2.38. The van der Waals surface area contributed by atoms with Crippen molar-refractivity contribution in [2.45, 2.75) is 24.9 Å². The van der Waals surface area contributed by atoms with Crippen molar-refractivity contribution in [3.8, 4) is 11.5 Å². The summed E-state index contributed by atoms with van der Waals surface area (Å²) in [6, 6.07) is 26.8. The van der Waals surface area contributed by atoms with Gasteiger partial charge in [0.1, 0.15) is 0 Å².